The Bertz CT molecular complexity index is 2120. The van der Waals surface area contributed by atoms with Gasteiger partial charge in [-0.1, -0.05) is 30.8 Å². The van der Waals surface area contributed by atoms with Crippen LogP contribution in [0.15, 0.2) is 136 Å². The zero-order valence-electron chi connectivity index (χ0n) is 30.6. The van der Waals surface area contributed by atoms with Crippen LogP contribution in [0.4, 0.5) is 28.4 Å². The van der Waals surface area contributed by atoms with Gasteiger partial charge < -0.3 is 24.8 Å². The highest BCUT2D eigenvalue weighted by atomic mass is 16.5. The zero-order valence-corrected chi connectivity index (χ0v) is 30.6. The first kappa shape index (κ1) is 37.4. The van der Waals surface area contributed by atoms with Crippen LogP contribution in [-0.4, -0.2) is 37.9 Å². The first-order valence-corrected chi connectivity index (χ1v) is 18.1. The number of ether oxygens (including phenoxy) is 3. The number of anilines is 2. The Morgan fingerprint density at radius 3 is 2.11 bits per heavy atom. The van der Waals surface area contributed by atoms with E-state index in [2.05, 4.69) is 62.8 Å². The molecule has 11 nitrogen and oxygen atoms in total. The van der Waals surface area contributed by atoms with Gasteiger partial charge in [-0.3, -0.25) is 0 Å². The number of esters is 2. The standard InChI is InChI=1S/C43H44N6O5/c1-4-40(50)53-29-8-6-5-7-28-52-34-22-14-31(15-23-34)42(51)54-35-20-12-30(13-21-35)26-27-43(2)45-38-11-9-10-36-37(24-25-39(46-43)41(36)38)49-48-33-18-16-32(17-19-33)47-44-3/h4,9-25,45-46H,1,5-8,26-29H2,2-3H3/b47-44+,49-48+. The van der Waals surface area contributed by atoms with E-state index in [1.54, 1.807) is 31.3 Å². The summed E-state index contributed by atoms with van der Waals surface area (Å²) in [5.41, 5.74) is 5.54. The van der Waals surface area contributed by atoms with E-state index in [4.69, 9.17) is 14.2 Å². The number of rotatable bonds is 17. The molecule has 0 fully saturated rings. The van der Waals surface area contributed by atoms with Crippen molar-refractivity contribution in [3.8, 4) is 11.5 Å². The highest BCUT2D eigenvalue weighted by molar-refractivity contribution is 6.09. The monoisotopic (exact) mass is 724 g/mol. The highest BCUT2D eigenvalue weighted by Crippen LogP contribution is 2.43. The third kappa shape index (κ3) is 9.94. The van der Waals surface area contributed by atoms with E-state index in [1.165, 1.54) is 6.08 Å². The molecule has 1 aliphatic heterocycles. The Kier molecular flexibility index (Phi) is 12.4. The van der Waals surface area contributed by atoms with Crippen molar-refractivity contribution >= 4 is 51.1 Å². The lowest BCUT2D eigenvalue weighted by atomic mass is 9.95. The molecule has 0 saturated heterocycles. The van der Waals surface area contributed by atoms with Crippen LogP contribution in [0.5, 0.6) is 11.5 Å². The predicted molar refractivity (Wildman–Crippen MR) is 212 cm³/mol. The van der Waals surface area contributed by atoms with Gasteiger partial charge in [-0.25, -0.2) is 9.59 Å². The second kappa shape index (κ2) is 17.9. The number of nitrogens with zero attached hydrogens (tertiary/aromatic N) is 4. The maximum atomic E-state index is 12.8. The minimum absolute atomic E-state index is 0.391. The first-order chi connectivity index (χ1) is 26.3. The van der Waals surface area contributed by atoms with Crippen molar-refractivity contribution in [1.29, 1.82) is 0 Å². The molecule has 6 rings (SSSR count). The van der Waals surface area contributed by atoms with Crippen molar-refractivity contribution in [3.63, 3.8) is 0 Å². The minimum Gasteiger partial charge on any atom is -0.494 e. The molecule has 1 aliphatic rings. The van der Waals surface area contributed by atoms with Gasteiger partial charge in [0.1, 0.15) is 17.2 Å². The summed E-state index contributed by atoms with van der Waals surface area (Å²) < 4.78 is 16.4. The molecule has 1 heterocycles. The van der Waals surface area contributed by atoms with E-state index >= 15 is 0 Å². The lowest BCUT2D eigenvalue weighted by Gasteiger charge is -2.39. The molecule has 1 unspecified atom stereocenters. The molecule has 0 spiro atoms. The highest BCUT2D eigenvalue weighted by Gasteiger charge is 2.30. The van der Waals surface area contributed by atoms with E-state index < -0.39 is 17.6 Å². The fraction of sp³-hybridized carbons (Fsp3) is 0.256. The molecule has 5 aromatic carbocycles. The summed E-state index contributed by atoms with van der Waals surface area (Å²) in [7, 11) is 1.64. The molecular formula is C43H44N6O5. The molecule has 2 N–H and O–H groups in total. The number of carbonyl (C=O) groups excluding carboxylic acids is 2. The Morgan fingerprint density at radius 2 is 1.41 bits per heavy atom. The quantitative estimate of drug-likeness (QED) is 0.0320. The van der Waals surface area contributed by atoms with Crippen LogP contribution in [0.1, 0.15) is 54.9 Å². The number of aryl methyl sites for hydroxylation is 1. The average molecular weight is 725 g/mol. The zero-order chi connectivity index (χ0) is 37.8. The van der Waals surface area contributed by atoms with Gasteiger partial charge in [-0.15, -0.1) is 5.11 Å². The fourth-order valence-corrected chi connectivity index (χ4v) is 6.20. The van der Waals surface area contributed by atoms with E-state index in [-0.39, 0.29) is 0 Å². The van der Waals surface area contributed by atoms with Crippen molar-refractivity contribution < 1.29 is 23.8 Å². The predicted octanol–water partition coefficient (Wildman–Crippen LogP) is 11.0. The van der Waals surface area contributed by atoms with Crippen LogP contribution >= 0.6 is 0 Å². The summed E-state index contributed by atoms with van der Waals surface area (Å²) in [6.45, 7) is 6.51. The van der Waals surface area contributed by atoms with Crippen LogP contribution in [0.25, 0.3) is 10.8 Å². The van der Waals surface area contributed by atoms with E-state index in [9.17, 15) is 9.59 Å². The average Bonchev–Trinajstić information content (AvgIpc) is 3.19. The van der Waals surface area contributed by atoms with Crippen LogP contribution < -0.4 is 20.1 Å². The molecule has 0 radical (unpaired) electrons. The lowest BCUT2D eigenvalue weighted by Crippen LogP contribution is -2.45. The van der Waals surface area contributed by atoms with E-state index in [0.717, 1.165) is 83.3 Å². The van der Waals surface area contributed by atoms with Gasteiger partial charge in [-0.05, 0) is 130 Å². The van der Waals surface area contributed by atoms with Crippen molar-refractivity contribution in [2.75, 3.05) is 30.9 Å². The Labute approximate surface area is 315 Å². The van der Waals surface area contributed by atoms with Crippen LogP contribution in [-0.2, 0) is 16.0 Å². The summed E-state index contributed by atoms with van der Waals surface area (Å²) in [5.74, 6) is 0.355. The normalized spacial score (nSPS) is 14.8. The topological polar surface area (TPSA) is 135 Å². The van der Waals surface area contributed by atoms with Crippen molar-refractivity contribution in [3.05, 3.63) is 127 Å². The van der Waals surface area contributed by atoms with Gasteiger partial charge in [0.05, 0.1) is 35.8 Å². The number of azo groups is 2. The molecule has 276 valence electrons. The molecule has 54 heavy (non-hydrogen) atoms. The molecule has 0 aromatic heterocycles. The number of hydrogen-bond acceptors (Lipinski definition) is 11. The van der Waals surface area contributed by atoms with Crippen LogP contribution in [0.2, 0.25) is 0 Å². The van der Waals surface area contributed by atoms with Gasteiger partial charge >= 0.3 is 11.9 Å². The van der Waals surface area contributed by atoms with Crippen molar-refractivity contribution in [2.24, 2.45) is 20.5 Å². The van der Waals surface area contributed by atoms with Gasteiger partial charge in [0.25, 0.3) is 0 Å². The van der Waals surface area contributed by atoms with Crippen molar-refractivity contribution in [2.45, 2.75) is 51.1 Å². The maximum absolute atomic E-state index is 12.8. The van der Waals surface area contributed by atoms with Crippen LogP contribution in [0, 0.1) is 0 Å². The SMILES string of the molecule is C=CC(=O)OCCCCCCOc1ccc(C(=O)Oc2ccc(CCC3(C)Nc4cccc5c(/N=N/c6ccc(/N=N/C)cc6)ccc(c45)N3)cc2)cc1. The minimum atomic E-state index is -0.430. The summed E-state index contributed by atoms with van der Waals surface area (Å²) in [6.07, 6.45) is 6.38. The third-order valence-electron chi connectivity index (χ3n) is 9.03. The van der Waals surface area contributed by atoms with E-state index in [1.807, 2.05) is 60.7 Å². The number of hydrogen-bond donors (Lipinski definition) is 2. The number of unbranched alkanes of at least 4 members (excludes halogenated alkanes) is 3. The molecule has 0 aliphatic carbocycles. The molecule has 5 aromatic rings. The second-order valence-corrected chi connectivity index (χ2v) is 13.2. The van der Waals surface area contributed by atoms with Gasteiger partial charge in [0, 0.05) is 35.3 Å². The Morgan fingerprint density at radius 1 is 0.741 bits per heavy atom. The molecule has 0 bridgehead atoms. The fourth-order valence-electron chi connectivity index (χ4n) is 6.20. The van der Waals surface area contributed by atoms with Gasteiger partial charge in [-0.2, -0.15) is 15.3 Å². The molecular weight excluding hydrogens is 681 g/mol. The summed E-state index contributed by atoms with van der Waals surface area (Å²) in [4.78, 5) is 23.9. The summed E-state index contributed by atoms with van der Waals surface area (Å²) in [5, 5.41) is 26.4. The molecule has 0 saturated carbocycles. The number of benzene rings is 5. The largest absolute Gasteiger partial charge is 0.494 e. The molecule has 0 amide bonds. The summed E-state index contributed by atoms with van der Waals surface area (Å²) in [6, 6.07) is 32.3. The van der Waals surface area contributed by atoms with Crippen molar-refractivity contribution in [1.82, 2.24) is 0 Å². The first-order valence-electron chi connectivity index (χ1n) is 18.1. The Hall–Kier alpha value is -6.36. The lowest BCUT2D eigenvalue weighted by molar-refractivity contribution is -0.137. The van der Waals surface area contributed by atoms with Gasteiger partial charge in [0.15, 0.2) is 0 Å². The summed E-state index contributed by atoms with van der Waals surface area (Å²) >= 11 is 0. The maximum Gasteiger partial charge on any atom is 0.343 e. The van der Waals surface area contributed by atoms with E-state index in [0.29, 0.717) is 30.3 Å². The molecule has 11 heteroatoms. The van der Waals surface area contributed by atoms with Gasteiger partial charge in [0.2, 0.25) is 0 Å². The third-order valence-corrected chi connectivity index (χ3v) is 9.03. The Balaban J connectivity index is 0.970. The number of nitrogens with one attached hydrogen (secondary N) is 2. The molecule has 1 atom stereocenters. The van der Waals surface area contributed by atoms with Crippen LogP contribution in [0.3, 0.4) is 0 Å². The second-order valence-electron chi connectivity index (χ2n) is 13.2. The smallest absolute Gasteiger partial charge is 0.343 e. The number of carbonyl (C=O) groups is 2.